The van der Waals surface area contributed by atoms with Gasteiger partial charge in [0.25, 0.3) is 0 Å². The van der Waals surface area contributed by atoms with Crippen LogP contribution >= 0.6 is 0 Å². The Labute approximate surface area is 228 Å². The molecule has 0 aliphatic heterocycles. The number of methoxy groups -OCH3 is 4. The van der Waals surface area contributed by atoms with E-state index in [1.807, 2.05) is 18.2 Å². The van der Waals surface area contributed by atoms with Gasteiger partial charge in [-0.15, -0.1) is 0 Å². The van der Waals surface area contributed by atoms with Crippen molar-refractivity contribution in [3.05, 3.63) is 23.8 Å². The molecule has 0 N–H and O–H groups in total. The van der Waals surface area contributed by atoms with Crippen molar-refractivity contribution in [2.24, 2.45) is 5.16 Å². The summed E-state index contributed by atoms with van der Waals surface area (Å²) in [6, 6.07) is 5.57. The van der Waals surface area contributed by atoms with Crippen LogP contribution in [-0.4, -0.2) is 40.1 Å². The lowest BCUT2D eigenvalue weighted by atomic mass is 9.96. The molecule has 0 aliphatic rings. The predicted molar refractivity (Wildman–Crippen MR) is 154 cm³/mol. The Kier molecular flexibility index (Phi) is 14.4. The van der Waals surface area contributed by atoms with Crippen LogP contribution in [-0.2, 0) is 9.63 Å². The lowest BCUT2D eigenvalue weighted by Crippen LogP contribution is -2.09. The van der Waals surface area contributed by atoms with Crippen molar-refractivity contribution >= 4 is 22.5 Å². The molecule has 0 unspecified atom stereocenters. The fourth-order valence-corrected chi connectivity index (χ4v) is 4.69. The Morgan fingerprint density at radius 1 is 0.658 bits per heavy atom. The van der Waals surface area contributed by atoms with E-state index < -0.39 is 0 Å². The van der Waals surface area contributed by atoms with Gasteiger partial charge in [0.1, 0.15) is 23.0 Å². The van der Waals surface area contributed by atoms with Gasteiger partial charge in [0.2, 0.25) is 0 Å². The number of oxime groups is 1. The average Bonchev–Trinajstić information content (AvgIpc) is 2.94. The number of ether oxygens (including phenoxy) is 4. The minimum atomic E-state index is -0.321. The van der Waals surface area contributed by atoms with Crippen molar-refractivity contribution in [2.75, 3.05) is 28.4 Å². The van der Waals surface area contributed by atoms with Gasteiger partial charge in [0.15, 0.2) is 0 Å². The van der Waals surface area contributed by atoms with E-state index in [1.165, 1.54) is 38.5 Å². The van der Waals surface area contributed by atoms with E-state index in [-0.39, 0.29) is 5.97 Å². The number of rotatable bonds is 19. The zero-order valence-electron chi connectivity index (χ0n) is 24.3. The van der Waals surface area contributed by atoms with Crippen molar-refractivity contribution in [2.45, 2.75) is 97.3 Å². The second-order valence-corrected chi connectivity index (χ2v) is 9.56. The highest BCUT2D eigenvalue weighted by Crippen LogP contribution is 2.46. The molecule has 2 rings (SSSR count). The molecule has 7 heteroatoms. The Morgan fingerprint density at radius 2 is 1.18 bits per heavy atom. The van der Waals surface area contributed by atoms with E-state index in [1.54, 1.807) is 28.4 Å². The van der Waals surface area contributed by atoms with Crippen LogP contribution in [0.1, 0.15) is 103 Å². The Bertz CT molecular complexity index is 1030. The molecule has 7 nitrogen and oxygen atoms in total. The number of hydrogen-bond acceptors (Lipinski definition) is 7. The molecule has 0 amide bonds. The number of nitrogens with zero attached hydrogens (tertiary/aromatic N) is 1. The molecule has 0 aromatic heterocycles. The average molecular weight is 530 g/mol. The van der Waals surface area contributed by atoms with Gasteiger partial charge >= 0.3 is 5.97 Å². The minimum Gasteiger partial charge on any atom is -0.496 e. The van der Waals surface area contributed by atoms with E-state index in [0.29, 0.717) is 47.1 Å². The fourth-order valence-electron chi connectivity index (χ4n) is 4.69. The Morgan fingerprint density at radius 3 is 1.76 bits per heavy atom. The number of hydrogen-bond donors (Lipinski definition) is 0. The first-order chi connectivity index (χ1) is 18.6. The minimum absolute atomic E-state index is 0.321. The molecule has 0 fully saturated rings. The van der Waals surface area contributed by atoms with Crippen LogP contribution in [0.3, 0.4) is 0 Å². The van der Waals surface area contributed by atoms with Crippen LogP contribution in [0.15, 0.2) is 23.4 Å². The molecule has 2 aromatic carbocycles. The second-order valence-electron chi connectivity index (χ2n) is 9.56. The van der Waals surface area contributed by atoms with Gasteiger partial charge in [-0.3, -0.25) is 0 Å². The molecular formula is C31H47NO6. The lowest BCUT2D eigenvalue weighted by Gasteiger charge is -2.19. The molecule has 0 radical (unpaired) electrons. The van der Waals surface area contributed by atoms with Gasteiger partial charge in [-0.05, 0) is 37.5 Å². The van der Waals surface area contributed by atoms with Gasteiger partial charge in [-0.2, -0.15) is 0 Å². The maximum atomic E-state index is 12.4. The smallest absolute Gasteiger partial charge is 0.335 e. The highest BCUT2D eigenvalue weighted by Gasteiger charge is 2.24. The molecule has 0 bridgehead atoms. The third kappa shape index (κ3) is 8.81. The van der Waals surface area contributed by atoms with E-state index in [9.17, 15) is 4.79 Å². The second kappa shape index (κ2) is 17.5. The topological polar surface area (TPSA) is 75.6 Å². The molecule has 0 saturated carbocycles. The first-order valence-corrected chi connectivity index (χ1v) is 14.1. The first-order valence-electron chi connectivity index (χ1n) is 14.1. The summed E-state index contributed by atoms with van der Waals surface area (Å²) in [7, 11) is 6.48. The van der Waals surface area contributed by atoms with E-state index in [0.717, 1.165) is 42.9 Å². The molecule has 0 heterocycles. The number of benzene rings is 2. The normalized spacial score (nSPS) is 11.5. The summed E-state index contributed by atoms with van der Waals surface area (Å²) in [4.78, 5) is 17.8. The van der Waals surface area contributed by atoms with Gasteiger partial charge in [-0.1, -0.05) is 76.8 Å². The number of fused-ring (bicyclic) bond motifs is 1. The van der Waals surface area contributed by atoms with Crippen LogP contribution in [0.5, 0.6) is 23.0 Å². The van der Waals surface area contributed by atoms with Gasteiger partial charge in [-0.25, -0.2) is 4.79 Å². The highest BCUT2D eigenvalue weighted by molar-refractivity contribution is 6.12. The van der Waals surface area contributed by atoms with Crippen molar-refractivity contribution < 1.29 is 28.6 Å². The molecular weight excluding hydrogens is 482 g/mol. The zero-order valence-corrected chi connectivity index (χ0v) is 24.3. The number of carbonyl (C=O) groups is 1. The van der Waals surface area contributed by atoms with E-state index in [4.69, 9.17) is 23.8 Å². The largest absolute Gasteiger partial charge is 0.496 e. The third-order valence-electron chi connectivity index (χ3n) is 6.81. The maximum Gasteiger partial charge on any atom is 0.335 e. The van der Waals surface area contributed by atoms with Gasteiger partial charge in [0.05, 0.1) is 44.9 Å². The van der Waals surface area contributed by atoms with Gasteiger partial charge < -0.3 is 23.8 Å². The Hall–Kier alpha value is -2.96. The molecule has 38 heavy (non-hydrogen) atoms. The monoisotopic (exact) mass is 529 g/mol. The van der Waals surface area contributed by atoms with Crippen LogP contribution < -0.4 is 18.9 Å². The fraction of sp³-hybridized carbons (Fsp3) is 0.613. The van der Waals surface area contributed by atoms with Crippen LogP contribution in [0.25, 0.3) is 10.8 Å². The Balaban J connectivity index is 2.43. The molecule has 0 aliphatic carbocycles. The van der Waals surface area contributed by atoms with Crippen molar-refractivity contribution in [3.63, 3.8) is 0 Å². The summed E-state index contributed by atoms with van der Waals surface area (Å²) in [5.41, 5.74) is 1.37. The number of unbranched alkanes of at least 4 members (excludes halogenated alkanes) is 9. The maximum absolute atomic E-state index is 12.4. The number of carbonyl (C=O) groups excluding carboxylic acids is 1. The summed E-state index contributed by atoms with van der Waals surface area (Å²) >= 11 is 0. The summed E-state index contributed by atoms with van der Waals surface area (Å²) in [6.07, 6.45) is 13.4. The molecule has 2 aromatic rings. The molecule has 0 saturated heterocycles. The zero-order chi connectivity index (χ0) is 27.8. The van der Waals surface area contributed by atoms with E-state index >= 15 is 0 Å². The standard InChI is InChI=1S/C31H47NO6/c1-7-9-11-12-13-14-15-17-18-24(32-38-28(33)19-16-10-8-2)23-22-27(36-5)29-25(34-3)20-21-26(35-4)30(29)31(23)37-6/h20-22H,7-19H2,1-6H3. The molecule has 212 valence electrons. The van der Waals surface area contributed by atoms with Crippen LogP contribution in [0, 0.1) is 0 Å². The quantitative estimate of drug-likeness (QED) is 0.0789. The van der Waals surface area contributed by atoms with Gasteiger partial charge in [0, 0.05) is 12.0 Å². The van der Waals surface area contributed by atoms with Crippen LogP contribution in [0.2, 0.25) is 0 Å². The SMILES string of the molecule is CCCCCCCCCCC(=NOC(=O)CCCCC)c1cc(OC)c2c(OC)ccc(OC)c2c1OC. The summed E-state index contributed by atoms with van der Waals surface area (Å²) in [5, 5.41) is 5.85. The first kappa shape index (κ1) is 31.3. The van der Waals surface area contributed by atoms with Crippen molar-refractivity contribution in [3.8, 4) is 23.0 Å². The highest BCUT2D eigenvalue weighted by atomic mass is 16.7. The van der Waals surface area contributed by atoms with Crippen molar-refractivity contribution in [1.29, 1.82) is 0 Å². The van der Waals surface area contributed by atoms with Crippen LogP contribution in [0.4, 0.5) is 0 Å². The van der Waals surface area contributed by atoms with E-state index in [2.05, 4.69) is 19.0 Å². The lowest BCUT2D eigenvalue weighted by molar-refractivity contribution is -0.143. The van der Waals surface area contributed by atoms with Crippen molar-refractivity contribution in [1.82, 2.24) is 0 Å². The predicted octanol–water partition coefficient (Wildman–Crippen LogP) is 8.23. The summed E-state index contributed by atoms with van der Waals surface area (Å²) < 4.78 is 23.0. The summed E-state index contributed by atoms with van der Waals surface area (Å²) in [6.45, 7) is 4.34. The molecule has 0 spiro atoms. The summed E-state index contributed by atoms with van der Waals surface area (Å²) in [5.74, 6) is 2.13. The molecule has 0 atom stereocenters. The third-order valence-corrected chi connectivity index (χ3v) is 6.81.